The number of likely N-dealkylation sites (N-methyl/N-ethyl adjacent to an activating group) is 1. The van der Waals surface area contributed by atoms with Crippen molar-refractivity contribution in [2.24, 2.45) is 11.8 Å². The monoisotopic (exact) mass is 568 g/mol. The summed E-state index contributed by atoms with van der Waals surface area (Å²) in [5.41, 5.74) is 4.54. The SMILES string of the molecule is C[C@@H]1C(=O)N(C)c2cc(-c3ccncc3)ccc2C(O)N1Cc1cccc(C(=O)NCC2CC(OC(=O)C3CC3)C2)c1. The van der Waals surface area contributed by atoms with Crippen LogP contribution < -0.4 is 10.2 Å². The van der Waals surface area contributed by atoms with E-state index in [4.69, 9.17) is 4.74 Å². The molecule has 2 atom stereocenters. The highest BCUT2D eigenvalue weighted by molar-refractivity contribution is 5.98. The lowest BCUT2D eigenvalue weighted by Crippen LogP contribution is -2.44. The van der Waals surface area contributed by atoms with Crippen molar-refractivity contribution < 1.29 is 24.2 Å². The van der Waals surface area contributed by atoms with Gasteiger partial charge in [0.15, 0.2) is 0 Å². The number of rotatable bonds is 8. The zero-order valence-corrected chi connectivity index (χ0v) is 23.9. The maximum Gasteiger partial charge on any atom is 0.309 e. The minimum atomic E-state index is -1.02. The number of amides is 2. The Morgan fingerprint density at radius 1 is 1.05 bits per heavy atom. The van der Waals surface area contributed by atoms with Crippen LogP contribution in [-0.2, 0) is 20.9 Å². The Labute approximate surface area is 245 Å². The Kier molecular flexibility index (Phi) is 7.79. The van der Waals surface area contributed by atoms with Crippen molar-refractivity contribution >= 4 is 23.5 Å². The van der Waals surface area contributed by atoms with Crippen LogP contribution in [0.3, 0.4) is 0 Å². The molecule has 9 nitrogen and oxygen atoms in total. The van der Waals surface area contributed by atoms with Gasteiger partial charge >= 0.3 is 5.97 Å². The topological polar surface area (TPSA) is 112 Å². The summed E-state index contributed by atoms with van der Waals surface area (Å²) in [6, 6.07) is 16.2. The standard InChI is InChI=1S/C33H36N4O5/c1-20-31(39)36(2)29-17-25(23-10-12-34-13-11-23)8-9-28(29)32(40)37(20)19-21-4-3-5-26(14-21)30(38)35-18-22-15-27(16-22)42-33(41)24-6-7-24/h3-5,8-14,17,20,22,24,27,32,40H,6-7,15-16,18-19H2,1-2H3,(H,35,38)/t20-,22?,27?,32?/m1/s1. The van der Waals surface area contributed by atoms with Crippen LogP contribution in [0.25, 0.3) is 11.1 Å². The predicted molar refractivity (Wildman–Crippen MR) is 157 cm³/mol. The minimum Gasteiger partial charge on any atom is -0.462 e. The molecule has 2 saturated carbocycles. The Balaban J connectivity index is 1.11. The Morgan fingerprint density at radius 2 is 1.81 bits per heavy atom. The number of ether oxygens (including phenoxy) is 1. The molecule has 1 aliphatic heterocycles. The summed E-state index contributed by atoms with van der Waals surface area (Å²) < 4.78 is 5.50. The fraction of sp³-hybridized carbons (Fsp3) is 0.394. The predicted octanol–water partition coefficient (Wildman–Crippen LogP) is 4.07. The zero-order chi connectivity index (χ0) is 29.4. The van der Waals surface area contributed by atoms with Gasteiger partial charge in [0.25, 0.3) is 5.91 Å². The van der Waals surface area contributed by atoms with Gasteiger partial charge in [-0.05, 0) is 85.5 Å². The summed E-state index contributed by atoms with van der Waals surface area (Å²) >= 11 is 0. The normalized spacial score (nSPS) is 23.9. The molecular formula is C33H36N4O5. The average molecular weight is 569 g/mol. The van der Waals surface area contributed by atoms with Gasteiger partial charge in [-0.1, -0.05) is 24.3 Å². The molecule has 2 fully saturated rings. The van der Waals surface area contributed by atoms with Crippen molar-refractivity contribution in [2.75, 3.05) is 18.5 Å². The first-order valence-corrected chi connectivity index (χ1v) is 14.6. The fourth-order valence-electron chi connectivity index (χ4n) is 5.81. The van der Waals surface area contributed by atoms with Crippen molar-refractivity contribution in [1.29, 1.82) is 0 Å². The van der Waals surface area contributed by atoms with Gasteiger partial charge in [-0.25, -0.2) is 0 Å². The highest BCUT2D eigenvalue weighted by Crippen LogP contribution is 2.38. The van der Waals surface area contributed by atoms with Gasteiger partial charge < -0.3 is 20.1 Å². The first kappa shape index (κ1) is 28.1. The van der Waals surface area contributed by atoms with Crippen LogP contribution in [0.5, 0.6) is 0 Å². The summed E-state index contributed by atoms with van der Waals surface area (Å²) in [6.07, 6.45) is 5.83. The lowest BCUT2D eigenvalue weighted by molar-refractivity contribution is -0.157. The van der Waals surface area contributed by atoms with E-state index >= 15 is 0 Å². The van der Waals surface area contributed by atoms with Crippen molar-refractivity contribution in [3.63, 3.8) is 0 Å². The molecule has 218 valence electrons. The van der Waals surface area contributed by atoms with Crippen molar-refractivity contribution in [2.45, 2.75) is 57.5 Å². The number of esters is 1. The first-order valence-electron chi connectivity index (χ1n) is 14.6. The number of aromatic nitrogens is 1. The van der Waals surface area contributed by atoms with E-state index in [2.05, 4.69) is 10.3 Å². The molecule has 1 aromatic heterocycles. The Hall–Kier alpha value is -4.08. The third-order valence-corrected chi connectivity index (χ3v) is 8.67. The van der Waals surface area contributed by atoms with Gasteiger partial charge in [0.05, 0.1) is 17.6 Å². The van der Waals surface area contributed by atoms with E-state index < -0.39 is 12.3 Å². The van der Waals surface area contributed by atoms with Crippen LogP contribution in [0.15, 0.2) is 67.0 Å². The van der Waals surface area contributed by atoms with Crippen LogP contribution >= 0.6 is 0 Å². The summed E-state index contributed by atoms with van der Waals surface area (Å²) in [6.45, 7) is 2.61. The zero-order valence-electron chi connectivity index (χ0n) is 23.9. The van der Waals surface area contributed by atoms with Gasteiger partial charge in [-0.3, -0.25) is 24.3 Å². The summed E-state index contributed by atoms with van der Waals surface area (Å²) in [4.78, 5) is 45.7. The van der Waals surface area contributed by atoms with Crippen LogP contribution in [-0.4, -0.2) is 58.5 Å². The molecule has 0 spiro atoms. The molecule has 0 radical (unpaired) electrons. The number of carbonyl (C=O) groups excluding carboxylic acids is 3. The maximum atomic E-state index is 13.4. The third kappa shape index (κ3) is 5.80. The second-order valence-corrected chi connectivity index (χ2v) is 11.7. The molecule has 2 aliphatic carbocycles. The number of benzene rings is 2. The molecule has 6 rings (SSSR count). The van der Waals surface area contributed by atoms with Crippen LogP contribution in [0.1, 0.15) is 60.3 Å². The quantitative estimate of drug-likeness (QED) is 0.394. The highest BCUT2D eigenvalue weighted by Gasteiger charge is 2.38. The molecule has 42 heavy (non-hydrogen) atoms. The number of carbonyl (C=O) groups is 3. The molecule has 2 amide bonds. The summed E-state index contributed by atoms with van der Waals surface area (Å²) in [7, 11) is 1.73. The molecule has 2 heterocycles. The number of hydrogen-bond donors (Lipinski definition) is 2. The lowest BCUT2D eigenvalue weighted by atomic mass is 9.82. The fourth-order valence-corrected chi connectivity index (χ4v) is 5.81. The first-order chi connectivity index (χ1) is 20.3. The molecule has 3 aromatic rings. The number of anilines is 1. The second kappa shape index (κ2) is 11.7. The molecule has 2 N–H and O–H groups in total. The molecule has 1 unspecified atom stereocenters. The van der Waals surface area contributed by atoms with Crippen molar-refractivity contribution in [3.8, 4) is 11.1 Å². The molecular weight excluding hydrogens is 532 g/mol. The number of fused-ring (bicyclic) bond motifs is 1. The number of aliphatic hydroxyl groups is 1. The largest absolute Gasteiger partial charge is 0.462 e. The molecule has 3 aliphatic rings. The molecule has 9 heteroatoms. The lowest BCUT2D eigenvalue weighted by Gasteiger charge is -2.34. The van der Waals surface area contributed by atoms with Crippen LogP contribution in [0, 0.1) is 11.8 Å². The van der Waals surface area contributed by atoms with Crippen molar-refractivity contribution in [3.05, 3.63) is 83.7 Å². The van der Waals surface area contributed by atoms with E-state index in [9.17, 15) is 19.5 Å². The second-order valence-electron chi connectivity index (χ2n) is 11.7. The van der Waals surface area contributed by atoms with Gasteiger partial charge in [0.2, 0.25) is 5.91 Å². The van der Waals surface area contributed by atoms with Crippen LogP contribution in [0.2, 0.25) is 0 Å². The Morgan fingerprint density at radius 3 is 2.55 bits per heavy atom. The number of nitrogens with zero attached hydrogens (tertiary/aromatic N) is 3. The molecule has 0 bridgehead atoms. The van der Waals surface area contributed by atoms with Crippen LogP contribution in [0.4, 0.5) is 5.69 Å². The van der Waals surface area contributed by atoms with Gasteiger partial charge in [0.1, 0.15) is 12.3 Å². The summed E-state index contributed by atoms with van der Waals surface area (Å²) in [5.74, 6) is 0.0208. The maximum absolute atomic E-state index is 13.4. The van der Waals surface area contributed by atoms with E-state index in [1.165, 1.54) is 0 Å². The smallest absolute Gasteiger partial charge is 0.309 e. The summed E-state index contributed by atoms with van der Waals surface area (Å²) in [5, 5.41) is 14.5. The number of hydrogen-bond acceptors (Lipinski definition) is 7. The van der Waals surface area contributed by atoms with Crippen molar-refractivity contribution in [1.82, 2.24) is 15.2 Å². The number of aliphatic hydroxyl groups excluding tert-OH is 1. The number of pyridine rings is 1. The van der Waals surface area contributed by atoms with E-state index in [0.717, 1.165) is 42.4 Å². The van der Waals surface area contributed by atoms with E-state index in [1.807, 2.05) is 48.5 Å². The average Bonchev–Trinajstić information content (AvgIpc) is 3.85. The Bertz CT molecular complexity index is 1480. The van der Waals surface area contributed by atoms with Gasteiger partial charge in [0, 0.05) is 43.7 Å². The number of nitrogens with one attached hydrogen (secondary N) is 1. The van der Waals surface area contributed by atoms with E-state index in [-0.39, 0.29) is 36.4 Å². The highest BCUT2D eigenvalue weighted by atomic mass is 16.5. The molecule has 0 saturated heterocycles. The van der Waals surface area contributed by atoms with Gasteiger partial charge in [-0.2, -0.15) is 0 Å². The molecule has 2 aromatic carbocycles. The van der Waals surface area contributed by atoms with Gasteiger partial charge in [-0.15, -0.1) is 0 Å². The van der Waals surface area contributed by atoms with E-state index in [1.54, 1.807) is 42.2 Å². The third-order valence-electron chi connectivity index (χ3n) is 8.67. The van der Waals surface area contributed by atoms with E-state index in [0.29, 0.717) is 29.3 Å². The minimum absolute atomic E-state index is 0.0283.